The Kier molecular flexibility index (Phi) is 4.92. The molecular formula is C14H12F3NO2. The van der Waals surface area contributed by atoms with Crippen molar-refractivity contribution in [3.05, 3.63) is 41.0 Å². The lowest BCUT2D eigenvalue weighted by Crippen LogP contribution is -2.13. The Morgan fingerprint density at radius 1 is 1.35 bits per heavy atom. The summed E-state index contributed by atoms with van der Waals surface area (Å²) in [5.74, 6) is -0.945. The monoisotopic (exact) mass is 283 g/mol. The largest absolute Gasteiger partial charge is 0.459 e. The predicted octanol–water partition coefficient (Wildman–Crippen LogP) is 3.56. The predicted molar refractivity (Wildman–Crippen MR) is 66.3 cm³/mol. The molecule has 6 heteroatoms. The van der Waals surface area contributed by atoms with E-state index in [4.69, 9.17) is 10.00 Å². The molecular weight excluding hydrogens is 271 g/mol. The fraction of sp³-hybridized carbons (Fsp3) is 0.286. The number of hydrogen-bond donors (Lipinski definition) is 0. The number of nitriles is 1. The summed E-state index contributed by atoms with van der Waals surface area (Å²) >= 11 is 0. The smallest absolute Gasteiger partial charge is 0.416 e. The first-order chi connectivity index (χ1) is 9.25. The number of halogens is 3. The third kappa shape index (κ3) is 4.12. The van der Waals surface area contributed by atoms with E-state index in [1.54, 1.807) is 19.9 Å². The number of nitrogens with zero attached hydrogens (tertiary/aromatic N) is 1. The van der Waals surface area contributed by atoms with Gasteiger partial charge in [-0.25, -0.2) is 4.79 Å². The van der Waals surface area contributed by atoms with E-state index in [0.29, 0.717) is 0 Å². The average molecular weight is 283 g/mol. The Morgan fingerprint density at radius 2 is 1.95 bits per heavy atom. The number of esters is 1. The van der Waals surface area contributed by atoms with E-state index < -0.39 is 29.4 Å². The minimum absolute atomic E-state index is 0.253. The zero-order chi connectivity index (χ0) is 15.3. The summed E-state index contributed by atoms with van der Waals surface area (Å²) in [6, 6.07) is 6.25. The van der Waals surface area contributed by atoms with Crippen molar-refractivity contribution < 1.29 is 22.7 Å². The van der Waals surface area contributed by atoms with Gasteiger partial charge in [0.1, 0.15) is 11.6 Å². The summed E-state index contributed by atoms with van der Waals surface area (Å²) in [5, 5.41) is 8.86. The van der Waals surface area contributed by atoms with Crippen LogP contribution in [0.1, 0.15) is 25.0 Å². The van der Waals surface area contributed by atoms with Crippen LogP contribution in [0.2, 0.25) is 0 Å². The van der Waals surface area contributed by atoms with E-state index in [1.165, 1.54) is 18.2 Å². The highest BCUT2D eigenvalue weighted by molar-refractivity contribution is 5.98. The van der Waals surface area contributed by atoms with Crippen molar-refractivity contribution in [1.29, 1.82) is 5.26 Å². The highest BCUT2D eigenvalue weighted by Crippen LogP contribution is 2.32. The molecule has 0 atom stereocenters. The molecule has 0 bridgehead atoms. The molecule has 20 heavy (non-hydrogen) atoms. The van der Waals surface area contributed by atoms with E-state index in [2.05, 4.69) is 0 Å². The summed E-state index contributed by atoms with van der Waals surface area (Å²) in [7, 11) is 0. The second-order valence-corrected chi connectivity index (χ2v) is 4.21. The summed E-state index contributed by atoms with van der Waals surface area (Å²) in [5.41, 5.74) is -1.64. The quantitative estimate of drug-likeness (QED) is 0.484. The minimum atomic E-state index is -4.56. The highest BCUT2D eigenvalue weighted by Gasteiger charge is 2.32. The summed E-state index contributed by atoms with van der Waals surface area (Å²) in [6.45, 7) is 3.16. The molecule has 1 aromatic rings. The zero-order valence-corrected chi connectivity index (χ0v) is 10.9. The van der Waals surface area contributed by atoms with Gasteiger partial charge >= 0.3 is 12.1 Å². The van der Waals surface area contributed by atoms with E-state index in [-0.39, 0.29) is 5.56 Å². The van der Waals surface area contributed by atoms with Crippen molar-refractivity contribution in [3.63, 3.8) is 0 Å². The molecule has 3 nitrogen and oxygen atoms in total. The summed E-state index contributed by atoms with van der Waals surface area (Å²) < 4.78 is 43.1. The van der Waals surface area contributed by atoms with Gasteiger partial charge in [-0.05, 0) is 31.6 Å². The van der Waals surface area contributed by atoms with Crippen molar-refractivity contribution in [1.82, 2.24) is 0 Å². The van der Waals surface area contributed by atoms with Gasteiger partial charge in [0.2, 0.25) is 0 Å². The molecule has 0 fully saturated rings. The van der Waals surface area contributed by atoms with E-state index in [9.17, 15) is 18.0 Å². The SMILES string of the molecule is CC(C)OC(=O)/C(C#N)=C/c1ccccc1C(F)(F)F. The maximum Gasteiger partial charge on any atom is 0.416 e. The number of carbonyl (C=O) groups is 1. The van der Waals surface area contributed by atoms with E-state index >= 15 is 0 Å². The lowest BCUT2D eigenvalue weighted by atomic mass is 10.0. The third-order valence-corrected chi connectivity index (χ3v) is 2.25. The number of carbonyl (C=O) groups excluding carboxylic acids is 1. The van der Waals surface area contributed by atoms with Crippen LogP contribution in [0.5, 0.6) is 0 Å². The summed E-state index contributed by atoms with van der Waals surface area (Å²) in [6.07, 6.45) is -4.14. The van der Waals surface area contributed by atoms with Crippen LogP contribution in [-0.4, -0.2) is 12.1 Å². The molecule has 1 aromatic carbocycles. The van der Waals surface area contributed by atoms with Crippen LogP contribution >= 0.6 is 0 Å². The maximum atomic E-state index is 12.8. The van der Waals surface area contributed by atoms with Gasteiger partial charge in [-0.3, -0.25) is 0 Å². The van der Waals surface area contributed by atoms with Crippen molar-refractivity contribution in [3.8, 4) is 6.07 Å². The van der Waals surface area contributed by atoms with Crippen molar-refractivity contribution in [2.24, 2.45) is 0 Å². The van der Waals surface area contributed by atoms with Crippen LogP contribution in [0.15, 0.2) is 29.8 Å². The molecule has 0 saturated carbocycles. The Balaban J connectivity index is 3.22. The highest BCUT2D eigenvalue weighted by atomic mass is 19.4. The van der Waals surface area contributed by atoms with Gasteiger partial charge in [-0.2, -0.15) is 18.4 Å². The number of alkyl halides is 3. The van der Waals surface area contributed by atoms with Gasteiger partial charge in [-0.1, -0.05) is 18.2 Å². The number of rotatable bonds is 3. The first-order valence-corrected chi connectivity index (χ1v) is 5.74. The van der Waals surface area contributed by atoms with Crippen LogP contribution in [0.25, 0.3) is 6.08 Å². The topological polar surface area (TPSA) is 50.1 Å². The maximum absolute atomic E-state index is 12.8. The fourth-order valence-corrected chi connectivity index (χ4v) is 1.45. The van der Waals surface area contributed by atoms with Crippen LogP contribution in [0.3, 0.4) is 0 Å². The minimum Gasteiger partial charge on any atom is -0.459 e. The molecule has 0 aliphatic carbocycles. The second kappa shape index (κ2) is 6.24. The molecule has 0 unspecified atom stereocenters. The lowest BCUT2D eigenvalue weighted by Gasteiger charge is -2.11. The first-order valence-electron chi connectivity index (χ1n) is 5.74. The Morgan fingerprint density at radius 3 is 2.45 bits per heavy atom. The van der Waals surface area contributed by atoms with Gasteiger partial charge < -0.3 is 4.74 Å². The zero-order valence-electron chi connectivity index (χ0n) is 10.9. The Labute approximate surface area is 114 Å². The normalized spacial score (nSPS) is 12.2. The Hall–Kier alpha value is -2.29. The fourth-order valence-electron chi connectivity index (χ4n) is 1.45. The van der Waals surface area contributed by atoms with Crippen LogP contribution in [-0.2, 0) is 15.7 Å². The molecule has 0 amide bonds. The molecule has 106 valence electrons. The number of ether oxygens (including phenoxy) is 1. The lowest BCUT2D eigenvalue weighted by molar-refractivity contribution is -0.142. The molecule has 1 rings (SSSR count). The van der Waals surface area contributed by atoms with Crippen LogP contribution in [0.4, 0.5) is 13.2 Å². The number of hydrogen-bond acceptors (Lipinski definition) is 3. The van der Waals surface area contributed by atoms with Gasteiger partial charge in [0.15, 0.2) is 0 Å². The van der Waals surface area contributed by atoms with Crippen LogP contribution in [0, 0.1) is 11.3 Å². The van der Waals surface area contributed by atoms with Gasteiger partial charge in [0.25, 0.3) is 0 Å². The molecule has 0 N–H and O–H groups in total. The van der Waals surface area contributed by atoms with Crippen molar-refractivity contribution in [2.75, 3.05) is 0 Å². The molecule has 0 spiro atoms. The second-order valence-electron chi connectivity index (χ2n) is 4.21. The van der Waals surface area contributed by atoms with Crippen LogP contribution < -0.4 is 0 Å². The number of benzene rings is 1. The molecule has 0 aliphatic rings. The van der Waals surface area contributed by atoms with Gasteiger partial charge in [0.05, 0.1) is 11.7 Å². The first kappa shape index (κ1) is 15.8. The molecule has 0 radical (unpaired) electrons. The average Bonchev–Trinajstić information content (AvgIpc) is 2.34. The van der Waals surface area contributed by atoms with Gasteiger partial charge in [-0.15, -0.1) is 0 Å². The molecule has 0 saturated heterocycles. The molecule has 0 aromatic heterocycles. The molecule has 0 heterocycles. The van der Waals surface area contributed by atoms with Gasteiger partial charge in [0, 0.05) is 0 Å². The van der Waals surface area contributed by atoms with Crippen molar-refractivity contribution >= 4 is 12.0 Å². The third-order valence-electron chi connectivity index (χ3n) is 2.25. The van der Waals surface area contributed by atoms with E-state index in [1.807, 2.05) is 0 Å². The Bertz CT molecular complexity index is 569. The molecule has 0 aliphatic heterocycles. The van der Waals surface area contributed by atoms with Crippen molar-refractivity contribution in [2.45, 2.75) is 26.1 Å². The van der Waals surface area contributed by atoms with E-state index in [0.717, 1.165) is 12.1 Å². The summed E-state index contributed by atoms with van der Waals surface area (Å²) in [4.78, 5) is 11.6. The standard InChI is InChI=1S/C14H12F3NO2/c1-9(2)20-13(19)11(8-18)7-10-5-3-4-6-12(10)14(15,16)17/h3-7,9H,1-2H3/b11-7+.